The molecule has 5 heteroatoms. The van der Waals surface area contributed by atoms with Gasteiger partial charge < -0.3 is 9.30 Å². The monoisotopic (exact) mass is 438 g/mol. The van der Waals surface area contributed by atoms with E-state index in [2.05, 4.69) is 25.7 Å². The Hall–Kier alpha value is -2.40. The van der Waals surface area contributed by atoms with E-state index in [0.29, 0.717) is 18.2 Å². The molecule has 0 amide bonds. The molecule has 1 aliphatic rings. The summed E-state index contributed by atoms with van der Waals surface area (Å²) in [5.74, 6) is 0.393. The maximum Gasteiger partial charge on any atom is 0.337 e. The summed E-state index contributed by atoms with van der Waals surface area (Å²) in [5, 5.41) is 0. The number of benzene rings is 1. The molecule has 3 rings (SSSR count). The number of nitrogens with zero attached hydrogens (tertiary/aromatic N) is 2. The standard InChI is InChI=1S/C27H38N2O3/c1-19(2)8-13-24-7-6-15-28(24)18-25-20(3)17-21(4)26(30)29(25)16-14-22-9-11-23(12-10-22)27(31)32-5/h9-12,17,19,24H,6-8,13-16,18H2,1-5H3/t24-/m1/s1. The third-order valence-electron chi connectivity index (χ3n) is 6.72. The molecule has 1 aromatic heterocycles. The van der Waals surface area contributed by atoms with Gasteiger partial charge in [-0.25, -0.2) is 4.79 Å². The minimum atomic E-state index is -0.331. The Bertz CT molecular complexity index is 976. The Balaban J connectivity index is 1.78. The van der Waals surface area contributed by atoms with Gasteiger partial charge in [-0.2, -0.15) is 0 Å². The third kappa shape index (κ3) is 5.89. The number of rotatable bonds is 9. The van der Waals surface area contributed by atoms with Gasteiger partial charge in [0.1, 0.15) is 0 Å². The summed E-state index contributed by atoms with van der Waals surface area (Å²) >= 11 is 0. The highest BCUT2D eigenvalue weighted by Gasteiger charge is 2.26. The lowest BCUT2D eigenvalue weighted by atomic mass is 10.0. The molecule has 0 N–H and O–H groups in total. The molecule has 2 aromatic rings. The van der Waals surface area contributed by atoms with Crippen molar-refractivity contribution in [2.75, 3.05) is 13.7 Å². The smallest absolute Gasteiger partial charge is 0.337 e. The summed E-state index contributed by atoms with van der Waals surface area (Å²) in [6.07, 6.45) is 5.73. The Morgan fingerprint density at radius 2 is 1.88 bits per heavy atom. The van der Waals surface area contributed by atoms with Crippen molar-refractivity contribution in [3.8, 4) is 0 Å². The quantitative estimate of drug-likeness (QED) is 0.523. The summed E-state index contributed by atoms with van der Waals surface area (Å²) < 4.78 is 6.76. The molecule has 1 atom stereocenters. The van der Waals surface area contributed by atoms with Gasteiger partial charge in [-0.15, -0.1) is 0 Å². The molecule has 0 aliphatic carbocycles. The van der Waals surface area contributed by atoms with Crippen molar-refractivity contribution in [1.29, 1.82) is 0 Å². The number of ether oxygens (including phenoxy) is 1. The van der Waals surface area contributed by atoms with Gasteiger partial charge in [0.15, 0.2) is 0 Å². The van der Waals surface area contributed by atoms with Crippen LogP contribution < -0.4 is 5.56 Å². The summed E-state index contributed by atoms with van der Waals surface area (Å²) in [5.41, 5.74) is 4.88. The van der Waals surface area contributed by atoms with Gasteiger partial charge in [-0.3, -0.25) is 9.69 Å². The van der Waals surface area contributed by atoms with Crippen LogP contribution in [0, 0.1) is 19.8 Å². The Morgan fingerprint density at radius 3 is 2.53 bits per heavy atom. The molecule has 1 aromatic carbocycles. The van der Waals surface area contributed by atoms with E-state index >= 15 is 0 Å². The second-order valence-corrected chi connectivity index (χ2v) is 9.59. The largest absolute Gasteiger partial charge is 0.465 e. The molecule has 0 unspecified atom stereocenters. The van der Waals surface area contributed by atoms with Crippen LogP contribution in [0.5, 0.6) is 0 Å². The number of pyridine rings is 1. The average molecular weight is 439 g/mol. The lowest BCUT2D eigenvalue weighted by molar-refractivity contribution is 0.0600. The molecule has 0 radical (unpaired) electrons. The first-order valence-electron chi connectivity index (χ1n) is 11.9. The van der Waals surface area contributed by atoms with E-state index in [1.54, 1.807) is 12.1 Å². The van der Waals surface area contributed by atoms with Crippen molar-refractivity contribution in [1.82, 2.24) is 9.47 Å². The molecule has 0 bridgehead atoms. The number of aromatic nitrogens is 1. The Labute approximate surface area is 192 Å². The maximum absolute atomic E-state index is 13.1. The number of hydrogen-bond acceptors (Lipinski definition) is 4. The molecule has 32 heavy (non-hydrogen) atoms. The maximum atomic E-state index is 13.1. The van der Waals surface area contributed by atoms with Crippen LogP contribution in [0.25, 0.3) is 0 Å². The zero-order valence-electron chi connectivity index (χ0n) is 20.3. The Morgan fingerprint density at radius 1 is 1.16 bits per heavy atom. The lowest BCUT2D eigenvalue weighted by Gasteiger charge is -2.27. The van der Waals surface area contributed by atoms with E-state index in [0.717, 1.165) is 42.2 Å². The summed E-state index contributed by atoms with van der Waals surface area (Å²) in [6, 6.07) is 10.1. The molecule has 0 spiro atoms. The fraction of sp³-hybridized carbons (Fsp3) is 0.556. The minimum Gasteiger partial charge on any atom is -0.465 e. The predicted molar refractivity (Wildman–Crippen MR) is 129 cm³/mol. The Kier molecular flexibility index (Phi) is 8.30. The van der Waals surface area contributed by atoms with E-state index in [4.69, 9.17) is 4.74 Å². The van der Waals surface area contributed by atoms with Gasteiger partial charge in [0, 0.05) is 30.4 Å². The number of carbonyl (C=O) groups is 1. The van der Waals surface area contributed by atoms with Crippen LogP contribution in [0.3, 0.4) is 0 Å². The van der Waals surface area contributed by atoms with Crippen molar-refractivity contribution >= 4 is 5.97 Å². The van der Waals surface area contributed by atoms with Crippen molar-refractivity contribution in [2.45, 2.75) is 78.9 Å². The summed E-state index contributed by atoms with van der Waals surface area (Å²) in [7, 11) is 1.39. The zero-order chi connectivity index (χ0) is 23.3. The molecule has 2 heterocycles. The molecule has 5 nitrogen and oxygen atoms in total. The van der Waals surface area contributed by atoms with E-state index in [1.165, 1.54) is 38.4 Å². The van der Waals surface area contributed by atoms with Crippen molar-refractivity contribution in [2.24, 2.45) is 5.92 Å². The van der Waals surface area contributed by atoms with E-state index < -0.39 is 0 Å². The van der Waals surface area contributed by atoms with Gasteiger partial charge in [0.05, 0.1) is 12.7 Å². The number of carbonyl (C=O) groups excluding carboxylic acids is 1. The van der Waals surface area contributed by atoms with Crippen LogP contribution in [0.1, 0.15) is 72.3 Å². The number of methoxy groups -OCH3 is 1. The molecular weight excluding hydrogens is 400 g/mol. The molecule has 1 aliphatic heterocycles. The highest BCUT2D eigenvalue weighted by atomic mass is 16.5. The van der Waals surface area contributed by atoms with Crippen molar-refractivity contribution in [3.05, 3.63) is 68.6 Å². The topological polar surface area (TPSA) is 51.5 Å². The molecular formula is C27H38N2O3. The SMILES string of the molecule is COC(=O)c1ccc(CCn2c(CN3CCC[C@@H]3CCC(C)C)c(C)cc(C)c2=O)cc1. The lowest BCUT2D eigenvalue weighted by Crippen LogP contribution is -2.34. The molecule has 1 saturated heterocycles. The number of esters is 1. The van der Waals surface area contributed by atoms with Crippen LogP contribution in [0.4, 0.5) is 0 Å². The highest BCUT2D eigenvalue weighted by Crippen LogP contribution is 2.26. The van der Waals surface area contributed by atoms with Gasteiger partial charge in [0.2, 0.25) is 0 Å². The van der Waals surface area contributed by atoms with E-state index in [1.807, 2.05) is 29.7 Å². The number of aryl methyl sites for hydroxylation is 3. The first-order valence-corrected chi connectivity index (χ1v) is 11.9. The van der Waals surface area contributed by atoms with Gasteiger partial charge in [-0.05, 0) is 87.7 Å². The van der Waals surface area contributed by atoms with Crippen molar-refractivity contribution < 1.29 is 9.53 Å². The second kappa shape index (κ2) is 11.0. The van der Waals surface area contributed by atoms with Crippen molar-refractivity contribution in [3.63, 3.8) is 0 Å². The number of hydrogen-bond donors (Lipinski definition) is 0. The fourth-order valence-electron chi connectivity index (χ4n) is 4.78. The zero-order valence-corrected chi connectivity index (χ0v) is 20.3. The van der Waals surface area contributed by atoms with Crippen LogP contribution in [0.2, 0.25) is 0 Å². The minimum absolute atomic E-state index is 0.106. The highest BCUT2D eigenvalue weighted by molar-refractivity contribution is 5.89. The fourth-order valence-corrected chi connectivity index (χ4v) is 4.78. The van der Waals surface area contributed by atoms with Gasteiger partial charge >= 0.3 is 5.97 Å². The van der Waals surface area contributed by atoms with Crippen LogP contribution in [-0.4, -0.2) is 35.1 Å². The third-order valence-corrected chi connectivity index (χ3v) is 6.72. The predicted octanol–water partition coefficient (Wildman–Crippen LogP) is 4.90. The second-order valence-electron chi connectivity index (χ2n) is 9.59. The molecule has 1 fully saturated rings. The van der Waals surface area contributed by atoms with Crippen LogP contribution >= 0.6 is 0 Å². The summed E-state index contributed by atoms with van der Waals surface area (Å²) in [6.45, 7) is 11.2. The normalized spacial score (nSPS) is 16.6. The average Bonchev–Trinajstić information content (AvgIpc) is 3.22. The molecule has 174 valence electrons. The first-order chi connectivity index (χ1) is 15.3. The number of likely N-dealkylation sites (tertiary alicyclic amines) is 1. The van der Waals surface area contributed by atoms with E-state index in [9.17, 15) is 9.59 Å². The van der Waals surface area contributed by atoms with Gasteiger partial charge in [0.25, 0.3) is 5.56 Å². The van der Waals surface area contributed by atoms with Crippen LogP contribution in [0.15, 0.2) is 35.1 Å². The first kappa shape index (κ1) is 24.2. The summed E-state index contributed by atoms with van der Waals surface area (Å²) in [4.78, 5) is 27.4. The van der Waals surface area contributed by atoms with E-state index in [-0.39, 0.29) is 11.5 Å². The molecule has 0 saturated carbocycles. The van der Waals surface area contributed by atoms with Crippen LogP contribution in [-0.2, 0) is 24.2 Å². The van der Waals surface area contributed by atoms with Gasteiger partial charge in [-0.1, -0.05) is 26.0 Å².